The number of methoxy groups -OCH3 is 1. The molecule has 1 heterocycles. The molecule has 2 aliphatic rings. The van der Waals surface area contributed by atoms with Gasteiger partial charge in [-0.3, -0.25) is 0 Å². The molecule has 3 rings (SSSR count). The van der Waals surface area contributed by atoms with Gasteiger partial charge in [-0.1, -0.05) is 35.2 Å². The van der Waals surface area contributed by atoms with Crippen molar-refractivity contribution in [3.05, 3.63) is 27.7 Å². The fraction of sp³-hybridized carbons (Fsp3) is 0.647. The normalized spacial score (nSPS) is 21.7. The Hall–Kier alpha value is -0.580. The molecular weight excluding hydrogens is 332 g/mol. The highest BCUT2D eigenvalue weighted by Crippen LogP contribution is 2.38. The summed E-state index contributed by atoms with van der Waals surface area (Å²) in [6, 6.07) is 4.18. The molecule has 3 nitrogen and oxygen atoms in total. The van der Waals surface area contributed by atoms with Gasteiger partial charge in [-0.25, -0.2) is 0 Å². The average Bonchev–Trinajstić information content (AvgIpc) is 2.96. The van der Waals surface area contributed by atoms with Crippen LogP contribution in [0.4, 0.5) is 0 Å². The second-order valence-electron chi connectivity index (χ2n) is 6.20. The number of ether oxygens (including phenoxy) is 2. The fourth-order valence-electron chi connectivity index (χ4n) is 3.72. The van der Waals surface area contributed by atoms with Gasteiger partial charge in [0.2, 0.25) is 0 Å². The second kappa shape index (κ2) is 6.27. The van der Waals surface area contributed by atoms with E-state index in [0.29, 0.717) is 6.42 Å². The van der Waals surface area contributed by atoms with E-state index in [9.17, 15) is 5.11 Å². The zero-order valence-corrected chi connectivity index (χ0v) is 14.1. The Kier molecular flexibility index (Phi) is 4.57. The lowest BCUT2D eigenvalue weighted by Gasteiger charge is -2.40. The number of hydrogen-bond donors (Lipinski definition) is 1. The summed E-state index contributed by atoms with van der Waals surface area (Å²) in [7, 11) is 1.73. The number of fused-ring (bicyclic) bond motifs is 1. The monoisotopic (exact) mass is 354 g/mol. The van der Waals surface area contributed by atoms with E-state index >= 15 is 0 Å². The second-order valence-corrected chi connectivity index (χ2v) is 7.12. The summed E-state index contributed by atoms with van der Waals surface area (Å²) >= 11 is 3.56. The number of aliphatic hydroxyl groups excluding tert-OH is 1. The standard InChI is InChI=1S/C17H23BrO3/c1-20-17(6-3-2-4-7-17)15(19)11-13-10-14(18)9-12-5-8-21-16(12)13/h9-10,15,19H,2-8,11H2,1H3. The molecule has 0 saturated heterocycles. The lowest BCUT2D eigenvalue weighted by Crippen LogP contribution is -2.46. The maximum Gasteiger partial charge on any atom is 0.125 e. The maximum atomic E-state index is 10.8. The number of hydrogen-bond acceptors (Lipinski definition) is 3. The summed E-state index contributed by atoms with van der Waals surface area (Å²) in [5, 5.41) is 10.8. The smallest absolute Gasteiger partial charge is 0.125 e. The molecule has 1 aliphatic heterocycles. The molecule has 0 spiro atoms. The minimum Gasteiger partial charge on any atom is -0.493 e. The van der Waals surface area contributed by atoms with Crippen molar-refractivity contribution in [3.63, 3.8) is 0 Å². The van der Waals surface area contributed by atoms with Gasteiger partial charge in [0, 0.05) is 24.4 Å². The van der Waals surface area contributed by atoms with Crippen LogP contribution in [-0.4, -0.2) is 30.5 Å². The highest BCUT2D eigenvalue weighted by atomic mass is 79.9. The van der Waals surface area contributed by atoms with E-state index in [4.69, 9.17) is 9.47 Å². The topological polar surface area (TPSA) is 38.7 Å². The van der Waals surface area contributed by atoms with Gasteiger partial charge in [0.1, 0.15) is 5.75 Å². The van der Waals surface area contributed by atoms with Crippen molar-refractivity contribution in [3.8, 4) is 5.75 Å². The maximum absolute atomic E-state index is 10.8. The molecule has 1 aromatic carbocycles. The predicted octanol–water partition coefficient (Wildman–Crippen LogP) is 3.64. The van der Waals surface area contributed by atoms with Crippen LogP contribution in [0, 0.1) is 0 Å². The van der Waals surface area contributed by atoms with E-state index < -0.39 is 6.10 Å². The van der Waals surface area contributed by atoms with Gasteiger partial charge in [0.25, 0.3) is 0 Å². The van der Waals surface area contributed by atoms with Gasteiger partial charge < -0.3 is 14.6 Å². The van der Waals surface area contributed by atoms with Crippen LogP contribution in [0.3, 0.4) is 0 Å². The van der Waals surface area contributed by atoms with Crippen LogP contribution in [0.2, 0.25) is 0 Å². The SMILES string of the molecule is COC1(C(O)Cc2cc(Br)cc3c2OCC3)CCCCC1. The molecule has 1 aliphatic carbocycles. The summed E-state index contributed by atoms with van der Waals surface area (Å²) in [6.07, 6.45) is 6.47. The highest BCUT2D eigenvalue weighted by molar-refractivity contribution is 9.10. The molecule has 1 saturated carbocycles. The van der Waals surface area contributed by atoms with E-state index in [1.807, 2.05) is 0 Å². The number of aliphatic hydroxyl groups is 1. The largest absolute Gasteiger partial charge is 0.493 e. The quantitative estimate of drug-likeness (QED) is 0.896. The van der Waals surface area contributed by atoms with Crippen molar-refractivity contribution in [2.24, 2.45) is 0 Å². The summed E-state index contributed by atoms with van der Waals surface area (Å²) in [4.78, 5) is 0. The summed E-state index contributed by atoms with van der Waals surface area (Å²) in [5.41, 5.74) is 1.94. The third kappa shape index (κ3) is 2.99. The molecule has 0 aromatic heterocycles. The van der Waals surface area contributed by atoms with Gasteiger partial charge in [-0.05, 0) is 36.1 Å². The molecule has 116 valence electrons. The number of benzene rings is 1. The van der Waals surface area contributed by atoms with Gasteiger partial charge in [0.05, 0.1) is 18.3 Å². The van der Waals surface area contributed by atoms with Crippen molar-refractivity contribution < 1.29 is 14.6 Å². The number of halogens is 1. The molecule has 1 fully saturated rings. The molecule has 0 amide bonds. The summed E-state index contributed by atoms with van der Waals surface area (Å²) < 4.78 is 12.6. The third-order valence-corrected chi connectivity index (χ3v) is 5.41. The molecule has 1 N–H and O–H groups in total. The van der Waals surface area contributed by atoms with Crippen molar-refractivity contribution >= 4 is 15.9 Å². The van der Waals surface area contributed by atoms with Crippen LogP contribution in [0.15, 0.2) is 16.6 Å². The Morgan fingerprint density at radius 2 is 2.10 bits per heavy atom. The Bertz CT molecular complexity index is 509. The first kappa shape index (κ1) is 15.3. The lowest BCUT2D eigenvalue weighted by atomic mass is 9.78. The van der Waals surface area contributed by atoms with E-state index in [2.05, 4.69) is 28.1 Å². The van der Waals surface area contributed by atoms with E-state index in [1.54, 1.807) is 7.11 Å². The van der Waals surface area contributed by atoms with Crippen molar-refractivity contribution in [1.29, 1.82) is 0 Å². The van der Waals surface area contributed by atoms with Crippen LogP contribution in [-0.2, 0) is 17.6 Å². The van der Waals surface area contributed by atoms with Gasteiger partial charge in [-0.15, -0.1) is 0 Å². The zero-order valence-electron chi connectivity index (χ0n) is 12.5. The Morgan fingerprint density at radius 1 is 1.33 bits per heavy atom. The molecule has 1 atom stereocenters. The molecule has 0 bridgehead atoms. The first-order valence-electron chi connectivity index (χ1n) is 7.82. The third-order valence-electron chi connectivity index (χ3n) is 4.95. The van der Waals surface area contributed by atoms with Crippen LogP contribution >= 0.6 is 15.9 Å². The first-order chi connectivity index (χ1) is 10.1. The molecule has 4 heteroatoms. The first-order valence-corrected chi connectivity index (χ1v) is 8.61. The van der Waals surface area contributed by atoms with E-state index in [0.717, 1.165) is 54.5 Å². The molecular formula is C17H23BrO3. The zero-order chi connectivity index (χ0) is 14.9. The summed E-state index contributed by atoms with van der Waals surface area (Å²) in [6.45, 7) is 0.740. The van der Waals surface area contributed by atoms with Gasteiger partial charge >= 0.3 is 0 Å². The Labute approximate surface area is 134 Å². The fourth-order valence-corrected chi connectivity index (χ4v) is 4.27. The predicted molar refractivity (Wildman–Crippen MR) is 85.9 cm³/mol. The average molecular weight is 355 g/mol. The highest BCUT2D eigenvalue weighted by Gasteiger charge is 2.39. The van der Waals surface area contributed by atoms with E-state index in [-0.39, 0.29) is 5.60 Å². The Morgan fingerprint density at radius 3 is 2.81 bits per heavy atom. The van der Waals surface area contributed by atoms with Gasteiger partial charge in [-0.2, -0.15) is 0 Å². The van der Waals surface area contributed by atoms with Gasteiger partial charge in [0.15, 0.2) is 0 Å². The van der Waals surface area contributed by atoms with Crippen molar-refractivity contribution in [1.82, 2.24) is 0 Å². The van der Waals surface area contributed by atoms with Crippen LogP contribution in [0.5, 0.6) is 5.75 Å². The van der Waals surface area contributed by atoms with Crippen LogP contribution < -0.4 is 4.74 Å². The number of rotatable bonds is 4. The molecule has 1 aromatic rings. The molecule has 1 unspecified atom stereocenters. The lowest BCUT2D eigenvalue weighted by molar-refractivity contribution is -0.122. The minimum absolute atomic E-state index is 0.383. The van der Waals surface area contributed by atoms with Crippen LogP contribution in [0.1, 0.15) is 43.2 Å². The van der Waals surface area contributed by atoms with E-state index in [1.165, 1.54) is 12.0 Å². The Balaban J connectivity index is 1.83. The van der Waals surface area contributed by atoms with Crippen molar-refractivity contribution in [2.75, 3.05) is 13.7 Å². The van der Waals surface area contributed by atoms with Crippen LogP contribution in [0.25, 0.3) is 0 Å². The molecule has 0 radical (unpaired) electrons. The van der Waals surface area contributed by atoms with Crippen molar-refractivity contribution in [2.45, 2.75) is 56.7 Å². The molecule has 21 heavy (non-hydrogen) atoms. The summed E-state index contributed by atoms with van der Waals surface area (Å²) in [5.74, 6) is 0.972. The minimum atomic E-state index is -0.481.